The van der Waals surface area contributed by atoms with E-state index < -0.39 is 0 Å². The average molecular weight is 353 g/mol. The first-order valence-corrected chi connectivity index (χ1v) is 7.80. The molecule has 4 rings (SSSR count). The Hall–Kier alpha value is -2.26. The molecule has 0 unspecified atom stereocenters. The third-order valence-electron chi connectivity index (χ3n) is 3.82. The molecule has 1 aromatic heterocycles. The van der Waals surface area contributed by atoms with E-state index in [2.05, 4.69) is 40.2 Å². The summed E-state index contributed by atoms with van der Waals surface area (Å²) >= 11 is 3.53. The van der Waals surface area contributed by atoms with Crippen LogP contribution in [0.1, 0.15) is 0 Å². The van der Waals surface area contributed by atoms with E-state index in [-0.39, 0.29) is 0 Å². The minimum atomic E-state index is 0.835. The van der Waals surface area contributed by atoms with Crippen molar-refractivity contribution in [2.45, 2.75) is 0 Å². The van der Waals surface area contributed by atoms with Crippen molar-refractivity contribution in [1.29, 1.82) is 0 Å². The van der Waals surface area contributed by atoms with Gasteiger partial charge in [-0.15, -0.1) is 0 Å². The molecule has 0 aliphatic rings. The molecule has 0 radical (unpaired) electrons. The van der Waals surface area contributed by atoms with E-state index in [0.29, 0.717) is 0 Å². The van der Waals surface area contributed by atoms with Crippen LogP contribution in [0.25, 0.3) is 33.1 Å². The Morgan fingerprint density at radius 3 is 2.50 bits per heavy atom. The quantitative estimate of drug-likeness (QED) is 0.439. The maximum absolute atomic E-state index is 5.88. The number of hydrogen-bond acceptors (Lipinski definition) is 2. The van der Waals surface area contributed by atoms with Gasteiger partial charge in [-0.1, -0.05) is 40.2 Å². The van der Waals surface area contributed by atoms with Crippen LogP contribution in [0.5, 0.6) is 5.75 Å². The van der Waals surface area contributed by atoms with Crippen LogP contribution < -0.4 is 4.74 Å². The second-order valence-electron chi connectivity index (χ2n) is 5.19. The van der Waals surface area contributed by atoms with Gasteiger partial charge in [0.25, 0.3) is 0 Å². The van der Waals surface area contributed by atoms with E-state index in [0.717, 1.165) is 43.3 Å². The summed E-state index contributed by atoms with van der Waals surface area (Å²) in [6.07, 6.45) is 0. The second-order valence-corrected chi connectivity index (χ2v) is 6.10. The molecule has 2 nitrogen and oxygen atoms in total. The largest absolute Gasteiger partial charge is 0.497 e. The smallest absolute Gasteiger partial charge is 0.135 e. The molecule has 0 saturated carbocycles. The zero-order chi connectivity index (χ0) is 15.1. The van der Waals surface area contributed by atoms with Crippen LogP contribution in [0.2, 0.25) is 0 Å². The Morgan fingerprint density at radius 1 is 0.818 bits per heavy atom. The van der Waals surface area contributed by atoms with E-state index >= 15 is 0 Å². The van der Waals surface area contributed by atoms with Crippen molar-refractivity contribution in [2.75, 3.05) is 7.11 Å². The summed E-state index contributed by atoms with van der Waals surface area (Å²) < 4.78 is 12.2. The lowest BCUT2D eigenvalue weighted by Gasteiger charge is -2.06. The van der Waals surface area contributed by atoms with Gasteiger partial charge in [-0.05, 0) is 47.5 Å². The highest BCUT2D eigenvalue weighted by molar-refractivity contribution is 9.10. The lowest BCUT2D eigenvalue weighted by atomic mass is 10.0. The standard InChI is InChI=1S/C19H13BrO2/c1-21-15-9-13(8-14(20)11-15)12-6-7-19-17(10-12)16-4-2-3-5-18(16)22-19/h2-11H,1H3. The fraction of sp³-hybridized carbons (Fsp3) is 0.0526. The SMILES string of the molecule is COc1cc(Br)cc(-c2ccc3oc4ccccc4c3c2)c1. The minimum Gasteiger partial charge on any atom is -0.497 e. The fourth-order valence-electron chi connectivity index (χ4n) is 2.75. The van der Waals surface area contributed by atoms with Gasteiger partial charge in [-0.3, -0.25) is 0 Å². The van der Waals surface area contributed by atoms with Gasteiger partial charge in [-0.25, -0.2) is 0 Å². The number of hydrogen-bond donors (Lipinski definition) is 0. The predicted octanol–water partition coefficient (Wildman–Crippen LogP) is 6.02. The zero-order valence-electron chi connectivity index (χ0n) is 12.0. The Balaban J connectivity index is 1.95. The second kappa shape index (κ2) is 5.18. The van der Waals surface area contributed by atoms with Crippen molar-refractivity contribution in [3.05, 3.63) is 65.1 Å². The molecule has 22 heavy (non-hydrogen) atoms. The summed E-state index contributed by atoms with van der Waals surface area (Å²) in [5, 5.41) is 2.27. The Kier molecular flexibility index (Phi) is 3.16. The van der Waals surface area contributed by atoms with Crippen LogP contribution in [0.3, 0.4) is 0 Å². The number of methoxy groups -OCH3 is 1. The molecule has 0 bridgehead atoms. The van der Waals surface area contributed by atoms with Crippen molar-refractivity contribution in [2.24, 2.45) is 0 Å². The Bertz CT molecular complexity index is 985. The molecule has 0 atom stereocenters. The number of furan rings is 1. The number of rotatable bonds is 2. The van der Waals surface area contributed by atoms with E-state index in [1.807, 2.05) is 36.4 Å². The van der Waals surface area contributed by atoms with E-state index in [1.54, 1.807) is 7.11 Å². The molecule has 0 saturated heterocycles. The molecule has 3 heteroatoms. The first-order valence-electron chi connectivity index (χ1n) is 7.01. The third kappa shape index (κ3) is 2.18. The molecular formula is C19H13BrO2. The number of benzene rings is 3. The summed E-state index contributed by atoms with van der Waals surface area (Å²) in [5.41, 5.74) is 4.07. The molecule has 1 heterocycles. The maximum Gasteiger partial charge on any atom is 0.135 e. The minimum absolute atomic E-state index is 0.835. The molecular weight excluding hydrogens is 340 g/mol. The van der Waals surface area contributed by atoms with Gasteiger partial charge < -0.3 is 9.15 Å². The maximum atomic E-state index is 5.88. The van der Waals surface area contributed by atoms with Crippen LogP contribution in [-0.2, 0) is 0 Å². The molecule has 3 aromatic carbocycles. The van der Waals surface area contributed by atoms with Gasteiger partial charge in [0.05, 0.1) is 7.11 Å². The predicted molar refractivity (Wildman–Crippen MR) is 93.4 cm³/mol. The first kappa shape index (κ1) is 13.4. The molecule has 0 aliphatic carbocycles. The summed E-state index contributed by atoms with van der Waals surface area (Å²) in [4.78, 5) is 0. The van der Waals surface area contributed by atoms with Crippen LogP contribution in [0.4, 0.5) is 0 Å². The van der Waals surface area contributed by atoms with Gasteiger partial charge in [-0.2, -0.15) is 0 Å². The van der Waals surface area contributed by atoms with Gasteiger partial charge in [0.2, 0.25) is 0 Å². The number of ether oxygens (including phenoxy) is 1. The first-order chi connectivity index (χ1) is 10.7. The number of halogens is 1. The summed E-state index contributed by atoms with van der Waals surface area (Å²) in [6, 6.07) is 20.5. The van der Waals surface area contributed by atoms with Crippen LogP contribution in [0, 0.1) is 0 Å². The Morgan fingerprint density at radius 2 is 1.64 bits per heavy atom. The molecule has 108 valence electrons. The molecule has 4 aromatic rings. The number of fused-ring (bicyclic) bond motifs is 3. The van der Waals surface area contributed by atoms with Crippen LogP contribution in [-0.4, -0.2) is 7.11 Å². The van der Waals surface area contributed by atoms with Gasteiger partial charge >= 0.3 is 0 Å². The summed E-state index contributed by atoms with van der Waals surface area (Å²) in [5.74, 6) is 0.835. The van der Waals surface area contributed by atoms with E-state index in [1.165, 1.54) is 0 Å². The highest BCUT2D eigenvalue weighted by atomic mass is 79.9. The lowest BCUT2D eigenvalue weighted by molar-refractivity contribution is 0.414. The molecule has 0 aliphatic heterocycles. The van der Waals surface area contributed by atoms with Gasteiger partial charge in [0, 0.05) is 15.2 Å². The van der Waals surface area contributed by atoms with Crippen LogP contribution in [0.15, 0.2) is 69.6 Å². The third-order valence-corrected chi connectivity index (χ3v) is 4.27. The summed E-state index contributed by atoms with van der Waals surface area (Å²) in [6.45, 7) is 0. The highest BCUT2D eigenvalue weighted by Gasteiger charge is 2.09. The van der Waals surface area contributed by atoms with Gasteiger partial charge in [0.15, 0.2) is 0 Å². The Labute approximate surface area is 136 Å². The molecule has 0 spiro atoms. The van der Waals surface area contributed by atoms with Crippen molar-refractivity contribution in [1.82, 2.24) is 0 Å². The van der Waals surface area contributed by atoms with E-state index in [4.69, 9.17) is 9.15 Å². The highest BCUT2D eigenvalue weighted by Crippen LogP contribution is 2.34. The molecule has 0 N–H and O–H groups in total. The topological polar surface area (TPSA) is 22.4 Å². The molecule has 0 fully saturated rings. The van der Waals surface area contributed by atoms with Crippen molar-refractivity contribution in [3.8, 4) is 16.9 Å². The van der Waals surface area contributed by atoms with Crippen molar-refractivity contribution >= 4 is 37.9 Å². The normalized spacial score (nSPS) is 11.2. The number of para-hydroxylation sites is 1. The van der Waals surface area contributed by atoms with Gasteiger partial charge in [0.1, 0.15) is 16.9 Å². The summed E-state index contributed by atoms with van der Waals surface area (Å²) in [7, 11) is 1.68. The van der Waals surface area contributed by atoms with Crippen molar-refractivity contribution in [3.63, 3.8) is 0 Å². The van der Waals surface area contributed by atoms with E-state index in [9.17, 15) is 0 Å². The van der Waals surface area contributed by atoms with Crippen LogP contribution >= 0.6 is 15.9 Å². The zero-order valence-corrected chi connectivity index (χ0v) is 13.6. The monoisotopic (exact) mass is 352 g/mol. The average Bonchev–Trinajstić information content (AvgIpc) is 2.92. The van der Waals surface area contributed by atoms with Crippen molar-refractivity contribution < 1.29 is 9.15 Å². The fourth-order valence-corrected chi connectivity index (χ4v) is 3.23. The molecule has 0 amide bonds. The lowest BCUT2D eigenvalue weighted by Crippen LogP contribution is -1.85.